The first kappa shape index (κ1) is 23.4. The van der Waals surface area contributed by atoms with Crippen LogP contribution in [0.3, 0.4) is 0 Å². The van der Waals surface area contributed by atoms with Crippen LogP contribution in [-0.4, -0.2) is 55.2 Å². The van der Waals surface area contributed by atoms with Gasteiger partial charge in [-0.3, -0.25) is 9.59 Å². The highest BCUT2D eigenvalue weighted by atomic mass is 32.2. The molecule has 0 unspecified atom stereocenters. The van der Waals surface area contributed by atoms with Crippen LogP contribution in [-0.2, 0) is 28.3 Å². The second-order valence-electron chi connectivity index (χ2n) is 7.65. The maximum absolute atomic E-state index is 12.6. The quantitative estimate of drug-likeness (QED) is 0.564. The summed E-state index contributed by atoms with van der Waals surface area (Å²) >= 11 is 0. The number of amides is 2. The van der Waals surface area contributed by atoms with Crippen molar-refractivity contribution in [2.75, 3.05) is 26.5 Å². The maximum Gasteiger partial charge on any atom is 0.253 e. The molecule has 2 aromatic carbocycles. The molecule has 10 heteroatoms. The zero-order chi connectivity index (χ0) is 23.6. The highest BCUT2D eigenvalue weighted by Gasteiger charge is 2.20. The van der Waals surface area contributed by atoms with E-state index >= 15 is 0 Å². The topological polar surface area (TPSA) is 113 Å². The number of aryl methyl sites for hydroxylation is 3. The molecular formula is C22H27N5O4S. The van der Waals surface area contributed by atoms with Gasteiger partial charge in [0.1, 0.15) is 5.82 Å². The molecule has 0 aliphatic heterocycles. The van der Waals surface area contributed by atoms with E-state index in [9.17, 15) is 18.0 Å². The van der Waals surface area contributed by atoms with Crippen LogP contribution in [0, 0.1) is 6.92 Å². The standard InChI is InChI=1S/C22H27N5O4S/c1-14-7-6-8-16(21(14)22(29)23-2)25-20(28)12-11-19-24-17-13-15(32(30,31)26(3)4)9-10-18(17)27(19)5/h6-10,13H,11-12H2,1-5H3,(H,23,29)(H,25,28). The Balaban J connectivity index is 1.78. The fraction of sp³-hybridized carbons (Fsp3) is 0.318. The molecule has 3 rings (SSSR count). The number of aromatic nitrogens is 2. The first-order valence-corrected chi connectivity index (χ1v) is 11.5. The lowest BCUT2D eigenvalue weighted by atomic mass is 10.1. The molecule has 9 nitrogen and oxygen atoms in total. The summed E-state index contributed by atoms with van der Waals surface area (Å²) in [7, 11) is 2.76. The van der Waals surface area contributed by atoms with Gasteiger partial charge in [0.15, 0.2) is 0 Å². The van der Waals surface area contributed by atoms with Gasteiger partial charge in [-0.15, -0.1) is 0 Å². The highest BCUT2D eigenvalue weighted by molar-refractivity contribution is 7.89. The largest absolute Gasteiger partial charge is 0.355 e. The molecule has 0 aliphatic rings. The van der Waals surface area contributed by atoms with Gasteiger partial charge in [-0.1, -0.05) is 12.1 Å². The number of benzene rings is 2. The van der Waals surface area contributed by atoms with E-state index in [0.717, 1.165) is 15.4 Å². The van der Waals surface area contributed by atoms with Crippen molar-refractivity contribution in [1.82, 2.24) is 19.2 Å². The van der Waals surface area contributed by atoms with Gasteiger partial charge in [0.25, 0.3) is 5.91 Å². The number of fused-ring (bicyclic) bond motifs is 1. The van der Waals surface area contributed by atoms with Gasteiger partial charge in [0, 0.05) is 41.0 Å². The van der Waals surface area contributed by atoms with Gasteiger partial charge in [-0.05, 0) is 36.8 Å². The van der Waals surface area contributed by atoms with Crippen LogP contribution in [0.15, 0.2) is 41.3 Å². The number of carbonyl (C=O) groups excluding carboxylic acids is 2. The van der Waals surface area contributed by atoms with Gasteiger partial charge in [-0.25, -0.2) is 17.7 Å². The first-order valence-electron chi connectivity index (χ1n) is 10.1. The van der Waals surface area contributed by atoms with E-state index < -0.39 is 10.0 Å². The minimum Gasteiger partial charge on any atom is -0.355 e. The number of hydrogen-bond donors (Lipinski definition) is 2. The van der Waals surface area contributed by atoms with E-state index in [1.54, 1.807) is 31.3 Å². The van der Waals surface area contributed by atoms with Crippen LogP contribution in [0.25, 0.3) is 11.0 Å². The summed E-state index contributed by atoms with van der Waals surface area (Å²) in [5.74, 6) is 0.145. The summed E-state index contributed by atoms with van der Waals surface area (Å²) in [6.07, 6.45) is 0.509. The van der Waals surface area contributed by atoms with Crippen molar-refractivity contribution in [2.45, 2.75) is 24.7 Å². The zero-order valence-corrected chi connectivity index (χ0v) is 19.6. The van der Waals surface area contributed by atoms with E-state index in [2.05, 4.69) is 15.6 Å². The number of nitrogens with one attached hydrogen (secondary N) is 2. The molecule has 0 bridgehead atoms. The average molecular weight is 458 g/mol. The molecule has 2 amide bonds. The van der Waals surface area contributed by atoms with Gasteiger partial charge in [0.05, 0.1) is 27.2 Å². The number of nitrogens with zero attached hydrogens (tertiary/aromatic N) is 3. The molecule has 170 valence electrons. The summed E-state index contributed by atoms with van der Waals surface area (Å²) in [5.41, 5.74) is 2.98. The van der Waals surface area contributed by atoms with Gasteiger partial charge in [0.2, 0.25) is 15.9 Å². The Bertz CT molecular complexity index is 1300. The molecule has 0 fully saturated rings. The number of hydrogen-bond acceptors (Lipinski definition) is 5. The number of sulfonamides is 1. The lowest BCUT2D eigenvalue weighted by molar-refractivity contribution is -0.116. The SMILES string of the molecule is CNC(=O)c1c(C)cccc1NC(=O)CCc1nc2cc(S(=O)(=O)N(C)C)ccc2n1C. The Morgan fingerprint density at radius 3 is 2.53 bits per heavy atom. The smallest absolute Gasteiger partial charge is 0.253 e. The van der Waals surface area contributed by atoms with Crippen LogP contribution in [0.2, 0.25) is 0 Å². The van der Waals surface area contributed by atoms with Crippen LogP contribution in [0.5, 0.6) is 0 Å². The third-order valence-corrected chi connectivity index (χ3v) is 7.11. The van der Waals surface area contributed by atoms with Crippen molar-refractivity contribution in [3.63, 3.8) is 0 Å². The highest BCUT2D eigenvalue weighted by Crippen LogP contribution is 2.23. The molecule has 3 aromatic rings. The molecule has 32 heavy (non-hydrogen) atoms. The molecule has 0 aliphatic carbocycles. The Labute approximate surface area is 187 Å². The summed E-state index contributed by atoms with van der Waals surface area (Å²) in [5, 5.41) is 5.40. The van der Waals surface area contributed by atoms with Gasteiger partial charge < -0.3 is 15.2 Å². The fourth-order valence-electron chi connectivity index (χ4n) is 3.46. The lowest BCUT2D eigenvalue weighted by Crippen LogP contribution is -2.22. The number of rotatable bonds is 7. The van der Waals surface area contributed by atoms with Crippen molar-refractivity contribution in [2.24, 2.45) is 7.05 Å². The average Bonchev–Trinajstić information content (AvgIpc) is 3.06. The van der Waals surface area contributed by atoms with Gasteiger partial charge >= 0.3 is 0 Å². The predicted molar refractivity (Wildman–Crippen MR) is 123 cm³/mol. The summed E-state index contributed by atoms with van der Waals surface area (Å²) in [6.45, 7) is 1.81. The minimum atomic E-state index is -3.56. The molecule has 1 aromatic heterocycles. The van der Waals surface area contributed by atoms with Crippen LogP contribution >= 0.6 is 0 Å². The van der Waals surface area contributed by atoms with E-state index in [1.807, 2.05) is 24.6 Å². The van der Waals surface area contributed by atoms with E-state index in [0.29, 0.717) is 29.0 Å². The summed E-state index contributed by atoms with van der Waals surface area (Å²) < 4.78 is 27.8. The second kappa shape index (κ2) is 9.09. The van der Waals surface area contributed by atoms with Crippen LogP contribution in [0.1, 0.15) is 28.2 Å². The van der Waals surface area contributed by atoms with Crippen molar-refractivity contribution in [1.29, 1.82) is 0 Å². The predicted octanol–water partition coefficient (Wildman–Crippen LogP) is 2.06. The minimum absolute atomic E-state index is 0.154. The summed E-state index contributed by atoms with van der Waals surface area (Å²) in [4.78, 5) is 29.5. The molecule has 0 atom stereocenters. The normalized spacial score (nSPS) is 11.7. The Morgan fingerprint density at radius 1 is 1.16 bits per heavy atom. The Kier molecular flexibility index (Phi) is 6.65. The van der Waals surface area contributed by atoms with Crippen LogP contribution < -0.4 is 10.6 Å². The third kappa shape index (κ3) is 4.51. The summed E-state index contributed by atoms with van der Waals surface area (Å²) in [6, 6.07) is 10.1. The molecule has 0 radical (unpaired) electrons. The van der Waals surface area contributed by atoms with Gasteiger partial charge in [-0.2, -0.15) is 0 Å². The molecule has 2 N–H and O–H groups in total. The van der Waals surface area contributed by atoms with Crippen molar-refractivity contribution >= 4 is 38.6 Å². The number of anilines is 1. The van der Waals surface area contributed by atoms with E-state index in [4.69, 9.17) is 0 Å². The molecule has 0 saturated carbocycles. The fourth-order valence-corrected chi connectivity index (χ4v) is 4.38. The first-order chi connectivity index (χ1) is 15.1. The number of carbonyl (C=O) groups is 2. The monoisotopic (exact) mass is 457 g/mol. The molecule has 0 saturated heterocycles. The van der Waals surface area contributed by atoms with E-state index in [1.165, 1.54) is 20.2 Å². The van der Waals surface area contributed by atoms with Crippen molar-refractivity contribution in [3.05, 3.63) is 53.3 Å². The Hall–Kier alpha value is -3.24. The Morgan fingerprint density at radius 2 is 1.88 bits per heavy atom. The lowest BCUT2D eigenvalue weighted by Gasteiger charge is -2.12. The van der Waals surface area contributed by atoms with Crippen LogP contribution in [0.4, 0.5) is 5.69 Å². The maximum atomic E-state index is 12.6. The van der Waals surface area contributed by atoms with E-state index in [-0.39, 0.29) is 23.1 Å². The van der Waals surface area contributed by atoms with Crippen molar-refractivity contribution < 1.29 is 18.0 Å². The number of imidazole rings is 1. The van der Waals surface area contributed by atoms with Crippen molar-refractivity contribution in [3.8, 4) is 0 Å². The molecular weight excluding hydrogens is 430 g/mol. The third-order valence-electron chi connectivity index (χ3n) is 5.30. The molecule has 0 spiro atoms. The second-order valence-corrected chi connectivity index (χ2v) is 9.80. The zero-order valence-electron chi connectivity index (χ0n) is 18.8. The molecule has 1 heterocycles.